The van der Waals surface area contributed by atoms with Crippen LogP contribution >= 0.6 is 0 Å². The maximum absolute atomic E-state index is 12.0. The van der Waals surface area contributed by atoms with Crippen molar-refractivity contribution in [3.8, 4) is 0 Å². The van der Waals surface area contributed by atoms with Crippen LogP contribution in [0.1, 0.15) is 25.6 Å². The van der Waals surface area contributed by atoms with Gasteiger partial charge in [-0.15, -0.1) is 0 Å². The second-order valence-corrected chi connectivity index (χ2v) is 4.23. The van der Waals surface area contributed by atoms with Gasteiger partial charge in [0.15, 0.2) is 5.96 Å². The highest BCUT2D eigenvalue weighted by atomic mass is 16.6. The van der Waals surface area contributed by atoms with Crippen molar-refractivity contribution in [3.05, 3.63) is 39.3 Å². The summed E-state index contributed by atoms with van der Waals surface area (Å²) in [6.07, 6.45) is 0. The number of nitrogens with one attached hydrogen (secondary N) is 1. The van der Waals surface area contributed by atoms with Crippen molar-refractivity contribution >= 4 is 17.8 Å². The average molecular weight is 294 g/mol. The van der Waals surface area contributed by atoms with Crippen LogP contribution in [0.15, 0.2) is 32.8 Å². The van der Waals surface area contributed by atoms with E-state index >= 15 is 0 Å². The lowest BCUT2D eigenvalue weighted by Gasteiger charge is -2.22. The van der Waals surface area contributed by atoms with Crippen LogP contribution in [0.4, 0.5) is 5.88 Å². The Bertz CT molecular complexity index is 646. The van der Waals surface area contributed by atoms with Crippen LogP contribution < -0.4 is 11.1 Å². The van der Waals surface area contributed by atoms with Gasteiger partial charge in [-0.2, -0.15) is 0 Å². The van der Waals surface area contributed by atoms with E-state index in [1.165, 1.54) is 12.1 Å². The zero-order chi connectivity index (χ0) is 15.6. The van der Waals surface area contributed by atoms with Crippen molar-refractivity contribution in [2.45, 2.75) is 19.9 Å². The molecular weight excluding hydrogens is 280 g/mol. The van der Waals surface area contributed by atoms with Gasteiger partial charge in [-0.25, -0.2) is 9.79 Å². The summed E-state index contributed by atoms with van der Waals surface area (Å²) in [5.41, 5.74) is 6.30. The number of rotatable bonds is 4. The summed E-state index contributed by atoms with van der Waals surface area (Å²) in [6.45, 7) is 3.51. The third-order valence-electron chi connectivity index (χ3n) is 2.82. The Kier molecular flexibility index (Phi) is 3.92. The molecule has 1 aromatic heterocycles. The molecular formula is C12H14N4O5. The summed E-state index contributed by atoms with van der Waals surface area (Å²) < 4.78 is 10.1. The molecule has 0 aliphatic carbocycles. The number of carbonyl (C=O) groups is 1. The highest BCUT2D eigenvalue weighted by molar-refractivity contribution is 5.94. The van der Waals surface area contributed by atoms with Crippen LogP contribution in [0, 0.1) is 10.1 Å². The first kappa shape index (κ1) is 14.6. The number of ether oxygens (including phenoxy) is 1. The van der Waals surface area contributed by atoms with Crippen molar-refractivity contribution in [3.63, 3.8) is 0 Å². The van der Waals surface area contributed by atoms with Crippen LogP contribution in [0.25, 0.3) is 0 Å². The number of allylic oxidation sites excluding steroid dienone is 1. The zero-order valence-electron chi connectivity index (χ0n) is 11.5. The Morgan fingerprint density at radius 1 is 1.62 bits per heavy atom. The summed E-state index contributed by atoms with van der Waals surface area (Å²) >= 11 is 0. The Morgan fingerprint density at radius 3 is 2.90 bits per heavy atom. The molecule has 0 amide bonds. The Hall–Kier alpha value is -2.84. The molecule has 2 rings (SSSR count). The zero-order valence-corrected chi connectivity index (χ0v) is 11.5. The van der Waals surface area contributed by atoms with E-state index in [0.29, 0.717) is 5.70 Å². The molecule has 9 heteroatoms. The van der Waals surface area contributed by atoms with Crippen LogP contribution in [-0.4, -0.2) is 23.5 Å². The normalized spacial score (nSPS) is 18.0. The summed E-state index contributed by atoms with van der Waals surface area (Å²) in [6, 6.07) is 1.71. The standard InChI is InChI=1S/C12H14N4O5/c1-3-20-11(17)9-6(2)14-12(13)15-10(9)7-4-5-8(21-7)16(18)19/h4-5,10H,3H2,1-2H3,(H3,13,14,15)/t10-/m0/s1. The molecule has 0 saturated heterocycles. The number of furan rings is 1. The fourth-order valence-corrected chi connectivity index (χ4v) is 1.97. The molecule has 1 aromatic rings. The SMILES string of the molecule is CCOC(=O)C1=C(C)NC(N)=N[C@H]1c1ccc([N+](=O)[O-])o1. The highest BCUT2D eigenvalue weighted by Crippen LogP contribution is 2.33. The average Bonchev–Trinajstić information content (AvgIpc) is 2.87. The molecule has 9 nitrogen and oxygen atoms in total. The van der Waals surface area contributed by atoms with Gasteiger partial charge in [0.1, 0.15) is 16.7 Å². The van der Waals surface area contributed by atoms with Gasteiger partial charge in [0.05, 0.1) is 18.2 Å². The van der Waals surface area contributed by atoms with Crippen LogP contribution in [0.2, 0.25) is 0 Å². The quantitative estimate of drug-likeness (QED) is 0.480. The largest absolute Gasteiger partial charge is 0.463 e. The second-order valence-electron chi connectivity index (χ2n) is 4.23. The van der Waals surface area contributed by atoms with Gasteiger partial charge in [-0.05, 0) is 19.9 Å². The minimum Gasteiger partial charge on any atom is -0.463 e. The van der Waals surface area contributed by atoms with Gasteiger partial charge >= 0.3 is 11.9 Å². The molecule has 0 bridgehead atoms. The lowest BCUT2D eigenvalue weighted by molar-refractivity contribution is -0.402. The van der Waals surface area contributed by atoms with E-state index in [1.807, 2.05) is 0 Å². The molecule has 0 saturated carbocycles. The Labute approximate surface area is 119 Å². The number of nitrogens with two attached hydrogens (primary N) is 1. The van der Waals surface area contributed by atoms with Crippen molar-refractivity contribution in [1.82, 2.24) is 5.32 Å². The maximum Gasteiger partial charge on any atom is 0.433 e. The molecule has 0 aromatic carbocycles. The van der Waals surface area contributed by atoms with Crippen LogP contribution in [-0.2, 0) is 9.53 Å². The number of guanidine groups is 1. The molecule has 2 heterocycles. The molecule has 0 spiro atoms. The predicted octanol–water partition coefficient (Wildman–Crippen LogP) is 0.984. The summed E-state index contributed by atoms with van der Waals surface area (Å²) in [5.74, 6) is -0.779. The van der Waals surface area contributed by atoms with Gasteiger partial charge in [0.25, 0.3) is 0 Å². The summed E-state index contributed by atoms with van der Waals surface area (Å²) in [4.78, 5) is 26.1. The molecule has 0 radical (unpaired) electrons. The van der Waals surface area contributed by atoms with Gasteiger partial charge in [-0.1, -0.05) is 0 Å². The van der Waals surface area contributed by atoms with E-state index < -0.39 is 22.8 Å². The van der Waals surface area contributed by atoms with E-state index in [2.05, 4.69) is 10.3 Å². The number of aliphatic imine (C=N–C) groups is 1. The van der Waals surface area contributed by atoms with Crippen LogP contribution in [0.3, 0.4) is 0 Å². The van der Waals surface area contributed by atoms with E-state index in [4.69, 9.17) is 14.9 Å². The molecule has 3 N–H and O–H groups in total. The Balaban J connectivity index is 2.42. The number of esters is 1. The molecule has 1 aliphatic heterocycles. The van der Waals surface area contributed by atoms with Crippen molar-refractivity contribution in [2.75, 3.05) is 6.61 Å². The predicted molar refractivity (Wildman–Crippen MR) is 72.2 cm³/mol. The molecule has 1 atom stereocenters. The first-order valence-electron chi connectivity index (χ1n) is 6.16. The van der Waals surface area contributed by atoms with E-state index in [0.717, 1.165) is 0 Å². The third-order valence-corrected chi connectivity index (χ3v) is 2.82. The number of hydrogen-bond acceptors (Lipinski definition) is 8. The lowest BCUT2D eigenvalue weighted by Crippen LogP contribution is -2.37. The summed E-state index contributed by atoms with van der Waals surface area (Å²) in [5, 5.41) is 13.4. The molecule has 112 valence electrons. The molecule has 21 heavy (non-hydrogen) atoms. The third kappa shape index (κ3) is 2.86. The van der Waals surface area contributed by atoms with E-state index in [1.54, 1.807) is 13.8 Å². The number of nitrogens with zero attached hydrogens (tertiary/aromatic N) is 2. The fraction of sp³-hybridized carbons (Fsp3) is 0.333. The van der Waals surface area contributed by atoms with Gasteiger partial charge in [-0.3, -0.25) is 10.1 Å². The van der Waals surface area contributed by atoms with E-state index in [-0.39, 0.29) is 23.9 Å². The second kappa shape index (κ2) is 5.65. The number of nitro groups is 1. The van der Waals surface area contributed by atoms with Gasteiger partial charge in [0, 0.05) is 5.70 Å². The maximum atomic E-state index is 12.0. The van der Waals surface area contributed by atoms with Crippen molar-refractivity contribution in [2.24, 2.45) is 10.7 Å². The van der Waals surface area contributed by atoms with Crippen molar-refractivity contribution in [1.29, 1.82) is 0 Å². The monoisotopic (exact) mass is 294 g/mol. The van der Waals surface area contributed by atoms with Gasteiger partial charge < -0.3 is 20.2 Å². The molecule has 0 fully saturated rings. The van der Waals surface area contributed by atoms with Gasteiger partial charge in [0.2, 0.25) is 0 Å². The Morgan fingerprint density at radius 2 is 2.33 bits per heavy atom. The minimum absolute atomic E-state index is 0.0876. The fourth-order valence-electron chi connectivity index (χ4n) is 1.97. The minimum atomic E-state index is -0.876. The first-order valence-corrected chi connectivity index (χ1v) is 6.16. The highest BCUT2D eigenvalue weighted by Gasteiger charge is 2.32. The topological polar surface area (TPSA) is 133 Å². The number of hydrogen-bond donors (Lipinski definition) is 2. The van der Waals surface area contributed by atoms with Crippen molar-refractivity contribution < 1.29 is 18.9 Å². The van der Waals surface area contributed by atoms with Crippen LogP contribution in [0.5, 0.6) is 0 Å². The summed E-state index contributed by atoms with van der Waals surface area (Å²) in [7, 11) is 0. The molecule has 0 unspecified atom stereocenters. The molecule has 1 aliphatic rings. The smallest absolute Gasteiger partial charge is 0.433 e. The first-order chi connectivity index (χ1) is 9.93. The van der Waals surface area contributed by atoms with E-state index in [9.17, 15) is 14.9 Å². The number of carbonyl (C=O) groups excluding carboxylic acids is 1. The lowest BCUT2D eigenvalue weighted by atomic mass is 10.0.